The van der Waals surface area contributed by atoms with Crippen LogP contribution >= 0.6 is 0 Å². The van der Waals surface area contributed by atoms with Crippen molar-refractivity contribution < 1.29 is 9.84 Å². The van der Waals surface area contributed by atoms with Crippen LogP contribution in [0.2, 0.25) is 0 Å². The zero-order chi connectivity index (χ0) is 15.4. The molecule has 2 rings (SSSR count). The van der Waals surface area contributed by atoms with E-state index in [0.717, 1.165) is 37.4 Å². The molecule has 0 bridgehead atoms. The first-order valence-electron chi connectivity index (χ1n) is 7.46. The summed E-state index contributed by atoms with van der Waals surface area (Å²) in [5, 5.41) is 9.94. The summed E-state index contributed by atoms with van der Waals surface area (Å²) in [6.45, 7) is 3.01. The predicted molar refractivity (Wildman–Crippen MR) is 84.3 cm³/mol. The third-order valence-electron chi connectivity index (χ3n) is 4.04. The number of benzene rings is 1. The lowest BCUT2D eigenvalue weighted by atomic mass is 10.1. The second-order valence-electron chi connectivity index (χ2n) is 6.09. The van der Waals surface area contributed by atoms with Gasteiger partial charge in [-0.3, -0.25) is 4.90 Å². The van der Waals surface area contributed by atoms with Crippen LogP contribution in [0.4, 0.5) is 0 Å². The number of likely N-dealkylation sites (N-methyl/N-ethyl adjacent to an activating group) is 1. The molecule has 0 amide bonds. The van der Waals surface area contributed by atoms with E-state index in [-0.39, 0.29) is 6.10 Å². The van der Waals surface area contributed by atoms with Gasteiger partial charge in [-0.05, 0) is 32.1 Å². The van der Waals surface area contributed by atoms with Crippen molar-refractivity contribution in [3.05, 3.63) is 29.3 Å². The molecule has 1 saturated heterocycles. The van der Waals surface area contributed by atoms with Gasteiger partial charge < -0.3 is 20.5 Å². The van der Waals surface area contributed by atoms with E-state index in [9.17, 15) is 5.11 Å². The largest absolute Gasteiger partial charge is 0.496 e. The van der Waals surface area contributed by atoms with Crippen molar-refractivity contribution in [2.45, 2.75) is 31.7 Å². The maximum absolute atomic E-state index is 9.94. The lowest BCUT2D eigenvalue weighted by molar-refractivity contribution is 0.169. The Kier molecular flexibility index (Phi) is 5.58. The molecule has 0 aliphatic carbocycles. The number of hydrogen-bond donors (Lipinski definition) is 2. The van der Waals surface area contributed by atoms with Gasteiger partial charge in [0.05, 0.1) is 13.2 Å². The number of nitrogens with two attached hydrogens (primary N) is 1. The van der Waals surface area contributed by atoms with E-state index in [1.807, 2.05) is 6.07 Å². The molecule has 118 valence electrons. The minimum absolute atomic E-state index is 0.222. The van der Waals surface area contributed by atoms with E-state index in [2.05, 4.69) is 36.0 Å². The maximum atomic E-state index is 9.94. The fraction of sp³-hybridized carbons (Fsp3) is 0.625. The Morgan fingerprint density at radius 1 is 1.43 bits per heavy atom. The number of nitrogens with zero attached hydrogens (tertiary/aromatic N) is 2. The molecule has 0 aromatic heterocycles. The van der Waals surface area contributed by atoms with Gasteiger partial charge in [0.15, 0.2) is 0 Å². The van der Waals surface area contributed by atoms with Crippen LogP contribution in [0.1, 0.15) is 17.5 Å². The predicted octanol–water partition coefficient (Wildman–Crippen LogP) is 0.651. The molecule has 1 aliphatic heterocycles. The van der Waals surface area contributed by atoms with Gasteiger partial charge in [-0.1, -0.05) is 12.1 Å². The third-order valence-corrected chi connectivity index (χ3v) is 4.04. The molecule has 1 aliphatic rings. The second-order valence-corrected chi connectivity index (χ2v) is 6.09. The van der Waals surface area contributed by atoms with Crippen LogP contribution in [0.15, 0.2) is 18.2 Å². The minimum atomic E-state index is -0.222. The van der Waals surface area contributed by atoms with Gasteiger partial charge >= 0.3 is 0 Å². The first-order chi connectivity index (χ1) is 10.0. The molecule has 1 heterocycles. The van der Waals surface area contributed by atoms with E-state index in [1.165, 1.54) is 5.56 Å². The Balaban J connectivity index is 2.09. The first kappa shape index (κ1) is 16.2. The fourth-order valence-corrected chi connectivity index (χ4v) is 3.05. The lowest BCUT2D eigenvalue weighted by Gasteiger charge is -2.27. The quantitative estimate of drug-likeness (QED) is 0.806. The standard InChI is InChI=1S/C16H27N3O2/c1-18(2)10-14-7-15(20)11-19(14)9-12-4-5-13(8-17)16(6-12)21-3/h4-6,14-15,20H,7-11,17H2,1-3H3. The molecule has 21 heavy (non-hydrogen) atoms. The molecule has 1 aromatic carbocycles. The molecule has 2 atom stereocenters. The molecule has 3 N–H and O–H groups in total. The number of aliphatic hydroxyl groups is 1. The van der Waals surface area contributed by atoms with Crippen molar-refractivity contribution in [3.63, 3.8) is 0 Å². The molecule has 5 nitrogen and oxygen atoms in total. The Labute approximate surface area is 127 Å². The van der Waals surface area contributed by atoms with Gasteiger partial charge in [0.25, 0.3) is 0 Å². The Hall–Kier alpha value is -1.14. The maximum Gasteiger partial charge on any atom is 0.123 e. The average molecular weight is 293 g/mol. The monoisotopic (exact) mass is 293 g/mol. The highest BCUT2D eigenvalue weighted by Crippen LogP contribution is 2.24. The van der Waals surface area contributed by atoms with Gasteiger partial charge in [-0.15, -0.1) is 0 Å². The van der Waals surface area contributed by atoms with Crippen molar-refractivity contribution in [2.24, 2.45) is 5.73 Å². The summed E-state index contributed by atoms with van der Waals surface area (Å²) in [6.07, 6.45) is 0.621. The molecule has 0 saturated carbocycles. The van der Waals surface area contributed by atoms with Crippen LogP contribution in [0.3, 0.4) is 0 Å². The van der Waals surface area contributed by atoms with Crippen molar-refractivity contribution in [2.75, 3.05) is 34.3 Å². The van der Waals surface area contributed by atoms with Crippen LogP contribution in [-0.4, -0.2) is 61.3 Å². The second kappa shape index (κ2) is 7.22. The number of methoxy groups -OCH3 is 1. The molecule has 2 unspecified atom stereocenters. The highest BCUT2D eigenvalue weighted by Gasteiger charge is 2.31. The highest BCUT2D eigenvalue weighted by atomic mass is 16.5. The van der Waals surface area contributed by atoms with E-state index < -0.39 is 0 Å². The third kappa shape index (κ3) is 4.17. The smallest absolute Gasteiger partial charge is 0.123 e. The molecule has 0 spiro atoms. The van der Waals surface area contributed by atoms with Crippen molar-refractivity contribution >= 4 is 0 Å². The van der Waals surface area contributed by atoms with E-state index in [0.29, 0.717) is 12.6 Å². The van der Waals surface area contributed by atoms with Crippen LogP contribution < -0.4 is 10.5 Å². The van der Waals surface area contributed by atoms with E-state index in [1.54, 1.807) is 7.11 Å². The molecular formula is C16H27N3O2. The van der Waals surface area contributed by atoms with Crippen molar-refractivity contribution in [3.8, 4) is 5.75 Å². The van der Waals surface area contributed by atoms with Crippen LogP contribution in [0, 0.1) is 0 Å². The summed E-state index contributed by atoms with van der Waals surface area (Å²) < 4.78 is 5.40. The molecule has 0 radical (unpaired) electrons. The van der Waals surface area contributed by atoms with Crippen molar-refractivity contribution in [1.82, 2.24) is 9.80 Å². The highest BCUT2D eigenvalue weighted by molar-refractivity contribution is 5.37. The summed E-state index contributed by atoms with van der Waals surface area (Å²) in [6, 6.07) is 6.58. The number of hydrogen-bond acceptors (Lipinski definition) is 5. The topological polar surface area (TPSA) is 62.0 Å². The average Bonchev–Trinajstić information content (AvgIpc) is 2.77. The molecule has 1 aromatic rings. The summed E-state index contributed by atoms with van der Waals surface area (Å²) in [5.74, 6) is 0.846. The van der Waals surface area contributed by atoms with Gasteiger partial charge in [-0.25, -0.2) is 0 Å². The molecule has 1 fully saturated rings. The van der Waals surface area contributed by atoms with Gasteiger partial charge in [0.2, 0.25) is 0 Å². The zero-order valence-electron chi connectivity index (χ0n) is 13.2. The number of aliphatic hydroxyl groups excluding tert-OH is 1. The van der Waals surface area contributed by atoms with Gasteiger partial charge in [0, 0.05) is 37.8 Å². The number of β-amino-alcohol motifs (C(OH)–C–C–N with tert-alkyl or cyclic N) is 1. The Morgan fingerprint density at radius 3 is 2.81 bits per heavy atom. The summed E-state index contributed by atoms with van der Waals surface area (Å²) in [7, 11) is 5.82. The van der Waals surface area contributed by atoms with E-state index in [4.69, 9.17) is 10.5 Å². The first-order valence-corrected chi connectivity index (χ1v) is 7.46. The molecular weight excluding hydrogens is 266 g/mol. The van der Waals surface area contributed by atoms with Crippen LogP contribution in [-0.2, 0) is 13.1 Å². The SMILES string of the molecule is COc1cc(CN2CC(O)CC2CN(C)C)ccc1CN. The van der Waals surface area contributed by atoms with E-state index >= 15 is 0 Å². The van der Waals surface area contributed by atoms with Crippen LogP contribution in [0.5, 0.6) is 5.75 Å². The van der Waals surface area contributed by atoms with Crippen LogP contribution in [0.25, 0.3) is 0 Å². The Morgan fingerprint density at radius 2 is 2.19 bits per heavy atom. The van der Waals surface area contributed by atoms with Gasteiger partial charge in [0.1, 0.15) is 5.75 Å². The van der Waals surface area contributed by atoms with Crippen molar-refractivity contribution in [1.29, 1.82) is 0 Å². The summed E-state index contributed by atoms with van der Waals surface area (Å²) in [4.78, 5) is 4.52. The zero-order valence-corrected chi connectivity index (χ0v) is 13.2. The normalized spacial score (nSPS) is 23.0. The molecule has 5 heteroatoms. The summed E-state index contributed by atoms with van der Waals surface area (Å²) in [5.41, 5.74) is 7.92. The minimum Gasteiger partial charge on any atom is -0.496 e. The number of rotatable bonds is 6. The summed E-state index contributed by atoms with van der Waals surface area (Å²) >= 11 is 0. The fourth-order valence-electron chi connectivity index (χ4n) is 3.05. The number of likely N-dealkylation sites (tertiary alicyclic amines) is 1. The lowest BCUT2D eigenvalue weighted by Crippen LogP contribution is -2.37. The number of ether oxygens (including phenoxy) is 1. The Bertz CT molecular complexity index is 465. The van der Waals surface area contributed by atoms with Gasteiger partial charge in [-0.2, -0.15) is 0 Å².